The highest BCUT2D eigenvalue weighted by Gasteiger charge is 2.42. The van der Waals surface area contributed by atoms with Crippen LogP contribution in [0.4, 0.5) is 0 Å². The smallest absolute Gasteiger partial charge is 0.0598 e. The Morgan fingerprint density at radius 3 is 2.67 bits per heavy atom. The van der Waals surface area contributed by atoms with Gasteiger partial charge >= 0.3 is 0 Å². The van der Waals surface area contributed by atoms with Crippen molar-refractivity contribution in [3.05, 3.63) is 0 Å². The summed E-state index contributed by atoms with van der Waals surface area (Å²) in [5, 5.41) is 3.76. The monoisotopic (exact) mass is 250 g/mol. The first kappa shape index (κ1) is 13.9. The van der Waals surface area contributed by atoms with Gasteiger partial charge in [0.2, 0.25) is 0 Å². The lowest BCUT2D eigenvalue weighted by Crippen LogP contribution is -2.44. The molecule has 102 valence electrons. The van der Waals surface area contributed by atoms with Crippen molar-refractivity contribution in [2.75, 3.05) is 39.9 Å². The molecule has 1 saturated heterocycles. The largest absolute Gasteiger partial charge is 0.385 e. The molecule has 18 heavy (non-hydrogen) atoms. The number of methoxy groups -OCH3 is 1. The molecule has 1 N–H and O–H groups in total. The lowest BCUT2D eigenvalue weighted by molar-refractivity contribution is 0.165. The molecular weight excluding hydrogens is 224 g/mol. The van der Waals surface area contributed by atoms with Gasteiger partial charge in [0, 0.05) is 39.4 Å². The Balaban J connectivity index is 1.62. The number of likely N-dealkylation sites (tertiary alicyclic amines) is 1. The lowest BCUT2D eigenvalue weighted by atomic mass is 10.00. The van der Waals surface area contributed by atoms with E-state index < -0.39 is 0 Å². The summed E-state index contributed by atoms with van der Waals surface area (Å²) >= 11 is 0. The van der Waals surface area contributed by atoms with Gasteiger partial charge in [-0.25, -0.2) is 0 Å². The third-order valence-corrected chi connectivity index (χ3v) is 4.46. The van der Waals surface area contributed by atoms with E-state index in [0.29, 0.717) is 11.5 Å². The molecule has 0 radical (unpaired) electrons. The van der Waals surface area contributed by atoms with Crippen LogP contribution >= 0.6 is 0 Å². The van der Waals surface area contributed by atoms with Gasteiger partial charge in [-0.2, -0.15) is 0 Å². The molecule has 2 aliphatic rings. The summed E-state index contributed by atoms with van der Waals surface area (Å²) in [6.07, 6.45) is 11.8. The molecule has 3 heteroatoms. The quantitative estimate of drug-likeness (QED) is 0.693. The maximum atomic E-state index is 5.35. The molecule has 1 aliphatic heterocycles. The molecule has 0 aromatic rings. The number of piperidine rings is 1. The van der Waals surface area contributed by atoms with Crippen LogP contribution in [-0.4, -0.2) is 50.8 Å². The Kier molecular flexibility index (Phi) is 5.05. The summed E-state index contributed by atoms with van der Waals surface area (Å²) in [4.78, 5) is 2.37. The topological polar surface area (TPSA) is 24.5 Å². The molecule has 0 bridgehead atoms. The highest BCUT2D eigenvalue weighted by Crippen LogP contribution is 2.48. The van der Waals surface area contributed by atoms with Gasteiger partial charge in [-0.15, -0.1) is 6.42 Å². The van der Waals surface area contributed by atoms with Gasteiger partial charge in [0.05, 0.1) is 6.54 Å². The molecule has 0 amide bonds. The van der Waals surface area contributed by atoms with Crippen LogP contribution in [-0.2, 0) is 4.74 Å². The van der Waals surface area contributed by atoms with Crippen LogP contribution in [0, 0.1) is 17.8 Å². The summed E-state index contributed by atoms with van der Waals surface area (Å²) in [6.45, 7) is 5.18. The van der Waals surface area contributed by atoms with Gasteiger partial charge in [0.15, 0.2) is 0 Å². The number of hydrogen-bond acceptors (Lipinski definition) is 3. The van der Waals surface area contributed by atoms with Crippen molar-refractivity contribution in [1.29, 1.82) is 0 Å². The van der Waals surface area contributed by atoms with E-state index in [1.54, 1.807) is 7.11 Å². The van der Waals surface area contributed by atoms with Crippen LogP contribution < -0.4 is 5.32 Å². The van der Waals surface area contributed by atoms with Crippen molar-refractivity contribution < 1.29 is 4.74 Å². The summed E-state index contributed by atoms with van der Waals surface area (Å²) in [7, 11) is 1.80. The van der Waals surface area contributed by atoms with E-state index in [1.165, 1.54) is 38.6 Å². The van der Waals surface area contributed by atoms with Crippen LogP contribution in [0.3, 0.4) is 0 Å². The molecular formula is C15H26N2O. The van der Waals surface area contributed by atoms with Gasteiger partial charge in [0.25, 0.3) is 0 Å². The molecule has 0 aromatic carbocycles. The lowest BCUT2D eigenvalue weighted by Gasteiger charge is -2.32. The Morgan fingerprint density at radius 2 is 2.11 bits per heavy atom. The van der Waals surface area contributed by atoms with Crippen LogP contribution in [0.15, 0.2) is 0 Å². The normalized spacial score (nSPS) is 23.8. The molecule has 0 aromatic heterocycles. The van der Waals surface area contributed by atoms with Crippen LogP contribution in [0.5, 0.6) is 0 Å². The molecule has 0 atom stereocenters. The Hall–Kier alpha value is -0.560. The summed E-state index contributed by atoms with van der Waals surface area (Å²) < 4.78 is 5.20. The zero-order valence-corrected chi connectivity index (χ0v) is 11.6. The van der Waals surface area contributed by atoms with Crippen molar-refractivity contribution in [2.24, 2.45) is 5.41 Å². The molecule has 1 saturated carbocycles. The first-order valence-corrected chi connectivity index (χ1v) is 7.16. The third-order valence-electron chi connectivity index (χ3n) is 4.46. The van der Waals surface area contributed by atoms with Gasteiger partial charge in [0.1, 0.15) is 0 Å². The standard InChI is InChI=1S/C15H26N2O/c1-3-9-17-10-4-14(5-11-17)16-13-15(6-7-15)8-12-18-2/h1,14,16H,4-13H2,2H3. The van der Waals surface area contributed by atoms with E-state index in [4.69, 9.17) is 11.2 Å². The van der Waals surface area contributed by atoms with Gasteiger partial charge in [-0.3, -0.25) is 4.90 Å². The average molecular weight is 250 g/mol. The highest BCUT2D eigenvalue weighted by molar-refractivity contribution is 4.96. The molecule has 1 heterocycles. The van der Waals surface area contributed by atoms with Crippen molar-refractivity contribution in [2.45, 2.75) is 38.1 Å². The second kappa shape index (κ2) is 6.56. The molecule has 0 unspecified atom stereocenters. The van der Waals surface area contributed by atoms with Crippen molar-refractivity contribution in [3.8, 4) is 12.3 Å². The Labute approximate surface area is 111 Å². The minimum atomic E-state index is 0.561. The first-order valence-electron chi connectivity index (χ1n) is 7.16. The summed E-state index contributed by atoms with van der Waals surface area (Å²) in [6, 6.07) is 0.694. The van der Waals surface area contributed by atoms with Gasteiger partial charge in [-0.1, -0.05) is 5.92 Å². The molecule has 3 nitrogen and oxygen atoms in total. The van der Waals surface area contributed by atoms with E-state index in [2.05, 4.69) is 16.1 Å². The number of terminal acetylenes is 1. The fraction of sp³-hybridized carbons (Fsp3) is 0.867. The van der Waals surface area contributed by atoms with E-state index in [0.717, 1.165) is 26.2 Å². The highest BCUT2D eigenvalue weighted by atomic mass is 16.5. The fourth-order valence-corrected chi connectivity index (χ4v) is 2.80. The zero-order valence-electron chi connectivity index (χ0n) is 11.6. The minimum absolute atomic E-state index is 0.561. The second-order valence-corrected chi connectivity index (χ2v) is 5.88. The molecule has 0 spiro atoms. The van der Waals surface area contributed by atoms with E-state index >= 15 is 0 Å². The predicted octanol–water partition coefficient (Wildman–Crippen LogP) is 1.49. The number of nitrogens with zero attached hydrogens (tertiary/aromatic N) is 1. The summed E-state index contributed by atoms with van der Waals surface area (Å²) in [5.41, 5.74) is 0.561. The van der Waals surface area contributed by atoms with E-state index in [1.807, 2.05) is 0 Å². The summed E-state index contributed by atoms with van der Waals surface area (Å²) in [5.74, 6) is 2.73. The third kappa shape index (κ3) is 3.98. The zero-order chi connectivity index (χ0) is 12.8. The molecule has 2 rings (SSSR count). The maximum Gasteiger partial charge on any atom is 0.0598 e. The number of hydrogen-bond donors (Lipinski definition) is 1. The van der Waals surface area contributed by atoms with Crippen LogP contribution in [0.2, 0.25) is 0 Å². The Morgan fingerprint density at radius 1 is 1.39 bits per heavy atom. The van der Waals surface area contributed by atoms with Gasteiger partial charge in [-0.05, 0) is 37.5 Å². The number of nitrogens with one attached hydrogen (secondary N) is 1. The predicted molar refractivity (Wildman–Crippen MR) is 74.5 cm³/mol. The number of ether oxygens (including phenoxy) is 1. The minimum Gasteiger partial charge on any atom is -0.385 e. The number of rotatable bonds is 7. The average Bonchev–Trinajstić information content (AvgIpc) is 3.17. The van der Waals surface area contributed by atoms with Crippen molar-refractivity contribution >= 4 is 0 Å². The molecule has 1 aliphatic carbocycles. The van der Waals surface area contributed by atoms with Crippen LogP contribution in [0.1, 0.15) is 32.1 Å². The first-order chi connectivity index (χ1) is 8.78. The van der Waals surface area contributed by atoms with E-state index in [-0.39, 0.29) is 0 Å². The molecule has 2 fully saturated rings. The van der Waals surface area contributed by atoms with Gasteiger partial charge < -0.3 is 10.1 Å². The SMILES string of the molecule is C#CCN1CCC(NCC2(CCOC)CC2)CC1. The maximum absolute atomic E-state index is 5.35. The van der Waals surface area contributed by atoms with Crippen molar-refractivity contribution in [1.82, 2.24) is 10.2 Å². The fourth-order valence-electron chi connectivity index (χ4n) is 2.80. The second-order valence-electron chi connectivity index (χ2n) is 5.88. The Bertz CT molecular complexity index is 285. The van der Waals surface area contributed by atoms with E-state index in [9.17, 15) is 0 Å². The van der Waals surface area contributed by atoms with Crippen LogP contribution in [0.25, 0.3) is 0 Å². The van der Waals surface area contributed by atoms with Crippen molar-refractivity contribution in [3.63, 3.8) is 0 Å².